The van der Waals surface area contributed by atoms with E-state index < -0.39 is 42.6 Å². The van der Waals surface area contributed by atoms with Crippen LogP contribution in [0.25, 0.3) is 0 Å². The van der Waals surface area contributed by atoms with Gasteiger partial charge in [0, 0.05) is 12.7 Å². The lowest BCUT2D eigenvalue weighted by atomic mass is 10.0. The van der Waals surface area contributed by atoms with Crippen LogP contribution < -0.4 is 11.2 Å². The van der Waals surface area contributed by atoms with Crippen molar-refractivity contribution in [2.75, 3.05) is 19.5 Å². The van der Waals surface area contributed by atoms with E-state index in [9.17, 15) is 19.8 Å². The van der Waals surface area contributed by atoms with Crippen molar-refractivity contribution in [1.29, 1.82) is 0 Å². The number of aromatic nitrogens is 2. The molecule has 0 aromatic carbocycles. The first kappa shape index (κ1) is 18.2. The Morgan fingerprint density at radius 2 is 2.00 bits per heavy atom. The van der Waals surface area contributed by atoms with E-state index in [0.29, 0.717) is 13.0 Å². The van der Waals surface area contributed by atoms with Crippen molar-refractivity contribution in [2.45, 2.75) is 44.3 Å². The molecule has 4 atom stereocenters. The van der Waals surface area contributed by atoms with Crippen LogP contribution in [0.4, 0.5) is 0 Å². The first-order chi connectivity index (χ1) is 10.6. The summed E-state index contributed by atoms with van der Waals surface area (Å²) in [6.07, 6.45) is 3.15. The summed E-state index contributed by atoms with van der Waals surface area (Å²) in [5.41, 5.74) is -0.944. The van der Waals surface area contributed by atoms with Gasteiger partial charge in [-0.1, -0.05) is 0 Å². The first-order valence-corrected chi connectivity index (χ1v) is 10.7. The van der Waals surface area contributed by atoms with Gasteiger partial charge in [0.25, 0.3) is 5.56 Å². The number of H-pyrrole nitrogens is 1. The predicted octanol–water partition coefficient (Wildman–Crippen LogP) is -0.182. The van der Waals surface area contributed by atoms with Crippen molar-refractivity contribution < 1.29 is 14.9 Å². The van der Waals surface area contributed by atoms with Gasteiger partial charge < -0.3 is 19.5 Å². The van der Waals surface area contributed by atoms with Gasteiger partial charge in [-0.3, -0.25) is 9.78 Å². The van der Waals surface area contributed by atoms with Crippen LogP contribution in [0.2, 0.25) is 0 Å². The van der Waals surface area contributed by atoms with E-state index in [1.807, 2.05) is 0 Å². The Morgan fingerprint density at radius 3 is 2.57 bits per heavy atom. The van der Waals surface area contributed by atoms with Crippen molar-refractivity contribution >= 4 is 13.2 Å². The Balaban J connectivity index is 2.26. The summed E-state index contributed by atoms with van der Waals surface area (Å²) in [6.45, 7) is 5.06. The molecule has 0 spiro atoms. The molecule has 0 bridgehead atoms. The van der Waals surface area contributed by atoms with Crippen molar-refractivity contribution in [3.63, 3.8) is 0 Å². The summed E-state index contributed by atoms with van der Waals surface area (Å²) in [6, 6.07) is 0. The van der Waals surface area contributed by atoms with Gasteiger partial charge in [0.05, 0.1) is 11.7 Å². The SMILES string of the molecule is C=P(C)(C)CC[C@H]1O[C@@H](c2cn(CC)c(=O)[nH]c2=O)C(O)[C@@H]1O. The molecule has 0 amide bonds. The molecule has 2 heterocycles. The van der Waals surface area contributed by atoms with Crippen LogP contribution in [0.5, 0.6) is 0 Å². The summed E-state index contributed by atoms with van der Waals surface area (Å²) in [5.74, 6) is 0. The summed E-state index contributed by atoms with van der Waals surface area (Å²) in [4.78, 5) is 25.9. The maximum Gasteiger partial charge on any atom is 0.328 e. The number of nitrogens with zero attached hydrogens (tertiary/aromatic N) is 1. The second kappa shape index (κ2) is 6.77. The third kappa shape index (κ3) is 4.04. The van der Waals surface area contributed by atoms with Crippen LogP contribution in [0.3, 0.4) is 0 Å². The lowest BCUT2D eigenvalue weighted by Crippen LogP contribution is -2.35. The number of rotatable bonds is 5. The first-order valence-electron chi connectivity index (χ1n) is 7.66. The molecule has 1 aromatic rings. The molecular weight excluding hydrogens is 319 g/mol. The third-order valence-corrected chi connectivity index (χ3v) is 5.54. The summed E-state index contributed by atoms with van der Waals surface area (Å²) >= 11 is 0. The van der Waals surface area contributed by atoms with E-state index in [0.717, 1.165) is 6.16 Å². The zero-order chi connectivity index (χ0) is 17.4. The summed E-state index contributed by atoms with van der Waals surface area (Å²) in [7, 11) is 0. The molecular formula is C15H25N2O5P. The molecule has 23 heavy (non-hydrogen) atoms. The second-order valence-corrected chi connectivity index (χ2v) is 11.0. The van der Waals surface area contributed by atoms with E-state index in [1.165, 1.54) is 10.8 Å². The summed E-state index contributed by atoms with van der Waals surface area (Å²) < 4.78 is 7.07. The van der Waals surface area contributed by atoms with Crippen LogP contribution in [0.1, 0.15) is 25.0 Å². The maximum atomic E-state index is 12.0. The van der Waals surface area contributed by atoms with Gasteiger partial charge in [-0.25, -0.2) is 4.79 Å². The maximum absolute atomic E-state index is 12.0. The molecule has 1 aliphatic rings. The minimum atomic E-state index is -1.27. The fraction of sp³-hybridized carbons (Fsp3) is 0.667. The number of hydrogen-bond donors (Lipinski definition) is 3. The molecule has 1 fully saturated rings. The number of ether oxygens (including phenoxy) is 1. The van der Waals surface area contributed by atoms with E-state index >= 15 is 0 Å². The largest absolute Gasteiger partial charge is 0.388 e. The molecule has 130 valence electrons. The van der Waals surface area contributed by atoms with E-state index in [-0.39, 0.29) is 5.56 Å². The number of nitrogens with one attached hydrogen (secondary N) is 1. The minimum absolute atomic E-state index is 0.157. The Kier molecular flexibility index (Phi) is 5.36. The highest BCUT2D eigenvalue weighted by Crippen LogP contribution is 2.40. The number of hydrogen-bond acceptors (Lipinski definition) is 5. The van der Waals surface area contributed by atoms with Crippen LogP contribution in [-0.2, 0) is 11.3 Å². The molecule has 3 N–H and O–H groups in total. The molecule has 2 rings (SSSR count). The van der Waals surface area contributed by atoms with Gasteiger partial charge in [-0.05, 0) is 32.8 Å². The zero-order valence-corrected chi connectivity index (χ0v) is 14.6. The Morgan fingerprint density at radius 1 is 1.35 bits per heavy atom. The highest BCUT2D eigenvalue weighted by molar-refractivity contribution is 7.72. The minimum Gasteiger partial charge on any atom is -0.388 e. The van der Waals surface area contributed by atoms with Gasteiger partial charge >= 0.3 is 5.69 Å². The number of aryl methyl sites for hydroxylation is 1. The van der Waals surface area contributed by atoms with Gasteiger partial charge in [-0.15, -0.1) is 13.2 Å². The van der Waals surface area contributed by atoms with E-state index in [1.54, 1.807) is 6.92 Å². The molecule has 0 aliphatic carbocycles. The fourth-order valence-corrected chi connectivity index (χ4v) is 3.64. The Bertz CT molecular complexity index is 719. The van der Waals surface area contributed by atoms with Crippen molar-refractivity contribution in [3.8, 4) is 0 Å². The lowest BCUT2D eigenvalue weighted by Gasteiger charge is -2.18. The molecule has 1 aliphatic heterocycles. The monoisotopic (exact) mass is 344 g/mol. The standard InChI is InChI=1S/C15H25N2O5P/c1-5-17-8-9(14(20)16-15(17)21)13-12(19)11(18)10(22-13)6-7-23(2,3)4/h8,10-13,18-19H,2,5-7H2,1,3-4H3,(H,16,20,21)/t10-,11-,12?,13+/m1/s1. The molecule has 1 unspecified atom stereocenters. The molecule has 7 nitrogen and oxygen atoms in total. The van der Waals surface area contributed by atoms with E-state index in [2.05, 4.69) is 24.6 Å². The topological polar surface area (TPSA) is 105 Å². The fourth-order valence-electron chi connectivity index (χ4n) is 2.68. The average Bonchev–Trinajstić information content (AvgIpc) is 2.73. The molecule has 8 heteroatoms. The molecule has 1 saturated heterocycles. The highest BCUT2D eigenvalue weighted by atomic mass is 31.2. The smallest absolute Gasteiger partial charge is 0.328 e. The number of aliphatic hydroxyl groups excluding tert-OH is 2. The molecule has 0 radical (unpaired) electrons. The van der Waals surface area contributed by atoms with Crippen molar-refractivity contribution in [3.05, 3.63) is 32.6 Å². The molecule has 1 aromatic heterocycles. The van der Waals surface area contributed by atoms with Gasteiger partial charge in [0.1, 0.15) is 18.3 Å². The lowest BCUT2D eigenvalue weighted by molar-refractivity contribution is 0.00494. The van der Waals surface area contributed by atoms with Crippen LogP contribution >= 0.6 is 6.89 Å². The van der Waals surface area contributed by atoms with Crippen molar-refractivity contribution in [2.24, 2.45) is 0 Å². The van der Waals surface area contributed by atoms with Gasteiger partial charge in [0.2, 0.25) is 0 Å². The normalized spacial score (nSPS) is 28.2. The number of aromatic amines is 1. The highest BCUT2D eigenvalue weighted by Gasteiger charge is 2.44. The predicted molar refractivity (Wildman–Crippen MR) is 92.0 cm³/mol. The van der Waals surface area contributed by atoms with Gasteiger partial charge in [0.15, 0.2) is 0 Å². The number of aliphatic hydroxyl groups is 2. The van der Waals surface area contributed by atoms with Crippen LogP contribution in [0, 0.1) is 0 Å². The van der Waals surface area contributed by atoms with Crippen LogP contribution in [-0.4, -0.2) is 63.9 Å². The summed E-state index contributed by atoms with van der Waals surface area (Å²) in [5, 5.41) is 20.4. The Labute approximate surface area is 134 Å². The third-order valence-electron chi connectivity index (χ3n) is 4.07. The van der Waals surface area contributed by atoms with E-state index in [4.69, 9.17) is 4.74 Å². The zero-order valence-electron chi connectivity index (χ0n) is 13.7. The molecule has 0 saturated carbocycles. The second-order valence-electron chi connectivity index (χ2n) is 6.65. The Hall–Kier alpha value is -1.14. The van der Waals surface area contributed by atoms with Crippen LogP contribution in [0.15, 0.2) is 15.8 Å². The van der Waals surface area contributed by atoms with Crippen molar-refractivity contribution in [1.82, 2.24) is 9.55 Å². The average molecular weight is 344 g/mol. The quantitative estimate of drug-likeness (QED) is 0.643. The van der Waals surface area contributed by atoms with Gasteiger partial charge in [-0.2, -0.15) is 0 Å².